The van der Waals surface area contributed by atoms with Crippen molar-refractivity contribution in [2.24, 2.45) is 0 Å². The number of ether oxygens (including phenoxy) is 5. The molecule has 2 saturated heterocycles. The van der Waals surface area contributed by atoms with Gasteiger partial charge in [0.25, 0.3) is 0 Å². The van der Waals surface area contributed by atoms with E-state index in [4.69, 9.17) is 18.9 Å². The van der Waals surface area contributed by atoms with Crippen LogP contribution in [-0.4, -0.2) is 58.5 Å². The van der Waals surface area contributed by atoms with E-state index in [1.807, 2.05) is 96.5 Å². The van der Waals surface area contributed by atoms with E-state index < -0.39 is 47.6 Å². The fourth-order valence-corrected chi connectivity index (χ4v) is 6.10. The van der Waals surface area contributed by atoms with E-state index in [9.17, 15) is 14.8 Å². The second-order valence-corrected chi connectivity index (χ2v) is 11.4. The van der Waals surface area contributed by atoms with E-state index in [2.05, 4.69) is 9.72 Å². The molecule has 2 aliphatic rings. The van der Waals surface area contributed by atoms with E-state index in [1.54, 1.807) is 13.8 Å². The van der Waals surface area contributed by atoms with Crippen LogP contribution in [0.4, 0.5) is 5.82 Å². The molecule has 0 radical (unpaired) electrons. The van der Waals surface area contributed by atoms with Crippen LogP contribution in [0.15, 0.2) is 108 Å². The number of hydrogen-bond donors (Lipinski definition) is 2. The van der Waals surface area contributed by atoms with Gasteiger partial charge in [0.2, 0.25) is 0 Å². The van der Waals surface area contributed by atoms with Gasteiger partial charge in [-0.2, -0.15) is 4.98 Å². The molecule has 3 aromatic carbocycles. The number of fused-ring (bicyclic) bond motifs is 1. The number of aromatic nitrogens is 2. The first-order valence-electron chi connectivity index (χ1n) is 14.9. The highest BCUT2D eigenvalue weighted by molar-refractivity contribution is 5.87. The third-order valence-corrected chi connectivity index (χ3v) is 8.09. The van der Waals surface area contributed by atoms with Crippen molar-refractivity contribution in [2.75, 3.05) is 19.2 Å². The van der Waals surface area contributed by atoms with Crippen molar-refractivity contribution in [1.29, 1.82) is 0 Å². The number of carbonyl (C=O) groups excluding carboxylic acids is 1. The number of nitrogens with one attached hydrogen (secondary N) is 1. The molecule has 1 aromatic heterocycles. The number of rotatable bonds is 10. The third kappa shape index (κ3) is 5.98. The minimum Gasteiger partial charge on any atom is -0.466 e. The van der Waals surface area contributed by atoms with Crippen LogP contribution in [0.2, 0.25) is 0 Å². The molecule has 0 amide bonds. The van der Waals surface area contributed by atoms with Gasteiger partial charge in [-0.25, -0.2) is 9.59 Å². The van der Waals surface area contributed by atoms with E-state index in [0.717, 1.165) is 22.8 Å². The molecule has 238 valence electrons. The van der Waals surface area contributed by atoms with Gasteiger partial charge in [0.15, 0.2) is 17.8 Å². The molecule has 11 heteroatoms. The van der Waals surface area contributed by atoms with E-state index in [0.29, 0.717) is 0 Å². The maximum Gasteiger partial charge on any atom is 0.351 e. The highest BCUT2D eigenvalue weighted by Gasteiger charge is 2.57. The summed E-state index contributed by atoms with van der Waals surface area (Å²) in [5, 5.41) is 9.61. The number of benzene rings is 3. The third-order valence-electron chi connectivity index (χ3n) is 8.09. The number of anilines is 1. The van der Waals surface area contributed by atoms with Crippen LogP contribution >= 0.6 is 0 Å². The highest BCUT2D eigenvalue weighted by atomic mass is 16.8. The predicted octanol–water partition coefficient (Wildman–Crippen LogP) is 4.66. The zero-order valence-electron chi connectivity index (χ0n) is 25.6. The Morgan fingerprint density at radius 1 is 0.957 bits per heavy atom. The number of hydrogen-bond acceptors (Lipinski definition) is 10. The maximum atomic E-state index is 13.2. The Balaban J connectivity index is 1.39. The van der Waals surface area contributed by atoms with Gasteiger partial charge in [0, 0.05) is 17.8 Å². The standard InChI is InChI=1S/C35H35N3O8/c1-34(2)45-29-27(44-32(30(29)46-34)38-21-23(19-20-28(39)42-3)31(37-41)36-33(38)40)22-43-35(24-13-7-4-8-14-24,25-15-9-5-10-16-25)26-17-11-6-12-18-26/h4-21,27,29-30,32,41H,22H2,1-3H3,(H,36,37,40)/t27-,29-,30-,32-/m1/s1. The normalized spacial score (nSPS) is 22.1. The van der Waals surface area contributed by atoms with Gasteiger partial charge in [-0.3, -0.25) is 15.3 Å². The van der Waals surface area contributed by atoms with Crippen LogP contribution in [0.5, 0.6) is 0 Å². The summed E-state index contributed by atoms with van der Waals surface area (Å²) in [4.78, 5) is 29.0. The lowest BCUT2D eigenvalue weighted by molar-refractivity contribution is -0.205. The zero-order valence-corrected chi connectivity index (χ0v) is 25.6. The summed E-state index contributed by atoms with van der Waals surface area (Å²) in [7, 11) is 1.24. The van der Waals surface area contributed by atoms with Gasteiger partial charge >= 0.3 is 11.7 Å². The molecule has 2 aliphatic heterocycles. The first-order chi connectivity index (χ1) is 22.3. The van der Waals surface area contributed by atoms with Gasteiger partial charge in [0.05, 0.1) is 13.7 Å². The van der Waals surface area contributed by atoms with Crippen LogP contribution in [0.3, 0.4) is 0 Å². The molecule has 0 spiro atoms. The predicted molar refractivity (Wildman–Crippen MR) is 168 cm³/mol. The minimum absolute atomic E-state index is 0.0728. The Morgan fingerprint density at radius 2 is 1.50 bits per heavy atom. The fraction of sp³-hybridized carbons (Fsp3) is 0.286. The Kier molecular flexibility index (Phi) is 8.85. The molecular formula is C35H35N3O8. The maximum absolute atomic E-state index is 13.2. The molecule has 4 atom stereocenters. The summed E-state index contributed by atoms with van der Waals surface area (Å²) in [5.74, 6) is -1.73. The molecule has 4 aromatic rings. The second kappa shape index (κ2) is 13.0. The summed E-state index contributed by atoms with van der Waals surface area (Å²) < 4.78 is 32.1. The highest BCUT2D eigenvalue weighted by Crippen LogP contribution is 2.45. The molecular weight excluding hydrogens is 590 g/mol. The van der Waals surface area contributed by atoms with Crippen molar-refractivity contribution in [2.45, 2.75) is 49.8 Å². The van der Waals surface area contributed by atoms with Crippen LogP contribution in [-0.2, 0) is 34.1 Å². The Bertz CT molecular complexity index is 1650. The number of nitrogens with zero attached hydrogens (tertiary/aromatic N) is 2. The summed E-state index contributed by atoms with van der Waals surface area (Å²) in [6, 6.07) is 29.9. The molecule has 0 saturated carbocycles. The monoisotopic (exact) mass is 625 g/mol. The van der Waals surface area contributed by atoms with Crippen molar-refractivity contribution in [3.8, 4) is 0 Å². The molecule has 2 N–H and O–H groups in total. The molecule has 46 heavy (non-hydrogen) atoms. The largest absolute Gasteiger partial charge is 0.466 e. The summed E-state index contributed by atoms with van der Waals surface area (Å²) in [5.41, 5.74) is 3.21. The summed E-state index contributed by atoms with van der Waals surface area (Å²) in [6.45, 7) is 3.67. The molecule has 0 unspecified atom stereocenters. The molecule has 0 bridgehead atoms. The molecule has 2 fully saturated rings. The van der Waals surface area contributed by atoms with Gasteiger partial charge < -0.3 is 23.7 Å². The van der Waals surface area contributed by atoms with Gasteiger partial charge in [0.1, 0.15) is 23.9 Å². The first-order valence-corrected chi connectivity index (χ1v) is 14.9. The average molecular weight is 626 g/mol. The van der Waals surface area contributed by atoms with Gasteiger partial charge in [-0.05, 0) is 36.6 Å². The quantitative estimate of drug-likeness (QED) is 0.111. The van der Waals surface area contributed by atoms with Crippen molar-refractivity contribution in [3.63, 3.8) is 0 Å². The smallest absolute Gasteiger partial charge is 0.351 e. The number of methoxy groups -OCH3 is 1. The Morgan fingerprint density at radius 3 is 2.02 bits per heavy atom. The molecule has 0 aliphatic carbocycles. The van der Waals surface area contributed by atoms with Crippen LogP contribution in [0.25, 0.3) is 6.08 Å². The van der Waals surface area contributed by atoms with Gasteiger partial charge in [-0.1, -0.05) is 91.0 Å². The molecule has 3 heterocycles. The zero-order chi connectivity index (χ0) is 32.3. The lowest BCUT2D eigenvalue weighted by Crippen LogP contribution is -2.39. The first kappa shape index (κ1) is 31.3. The Labute approximate surface area is 265 Å². The van der Waals surface area contributed by atoms with Crippen LogP contribution < -0.4 is 11.2 Å². The summed E-state index contributed by atoms with van der Waals surface area (Å²) in [6.07, 6.45) is 1.02. The second-order valence-electron chi connectivity index (χ2n) is 11.4. The summed E-state index contributed by atoms with van der Waals surface area (Å²) >= 11 is 0. The SMILES string of the molecule is COC(=O)C=Cc1cn([C@@H]2O[C@H](COC(c3ccccc3)(c3ccccc3)c3ccccc3)[C@H]3OC(C)(C)O[C@H]32)c(=O)nc1NO. The van der Waals surface area contributed by atoms with Crippen LogP contribution in [0.1, 0.15) is 42.3 Å². The topological polar surface area (TPSA) is 130 Å². The van der Waals surface area contributed by atoms with Crippen molar-refractivity contribution in [3.05, 3.63) is 136 Å². The molecule has 11 nitrogen and oxygen atoms in total. The van der Waals surface area contributed by atoms with Crippen molar-refractivity contribution >= 4 is 17.9 Å². The van der Waals surface area contributed by atoms with E-state index in [1.165, 1.54) is 23.9 Å². The van der Waals surface area contributed by atoms with Crippen molar-refractivity contribution in [1.82, 2.24) is 9.55 Å². The van der Waals surface area contributed by atoms with Crippen molar-refractivity contribution < 1.29 is 33.7 Å². The van der Waals surface area contributed by atoms with E-state index in [-0.39, 0.29) is 18.0 Å². The number of esters is 1. The Hall–Kier alpha value is -4.65. The fourth-order valence-electron chi connectivity index (χ4n) is 6.10. The average Bonchev–Trinajstić information content (AvgIpc) is 3.58. The molecule has 6 rings (SSSR count). The number of carbonyl (C=O) groups is 1. The lowest BCUT2D eigenvalue weighted by Gasteiger charge is -2.37. The lowest BCUT2D eigenvalue weighted by atomic mass is 9.80. The van der Waals surface area contributed by atoms with Gasteiger partial charge in [-0.15, -0.1) is 0 Å². The minimum atomic E-state index is -1.01. The van der Waals surface area contributed by atoms with E-state index >= 15 is 0 Å². The van der Waals surface area contributed by atoms with Crippen LogP contribution in [0, 0.1) is 0 Å².